The van der Waals surface area contributed by atoms with Crippen molar-refractivity contribution < 1.29 is 4.39 Å². The number of benzene rings is 2. The van der Waals surface area contributed by atoms with Crippen LogP contribution in [-0.2, 0) is 6.42 Å². The average molecular weight is 372 g/mol. The lowest BCUT2D eigenvalue weighted by molar-refractivity contribution is 0.619. The molecule has 0 heterocycles. The minimum absolute atomic E-state index is 0.214. The molecule has 2 aromatic rings. The molecule has 0 aliphatic heterocycles. The molecule has 0 saturated heterocycles. The van der Waals surface area contributed by atoms with Crippen molar-refractivity contribution in [3.05, 3.63) is 69.9 Å². The van der Waals surface area contributed by atoms with Crippen LogP contribution in [0, 0.1) is 5.82 Å². The van der Waals surface area contributed by atoms with Crippen LogP contribution < -0.4 is 0 Å². The fourth-order valence-corrected chi connectivity index (χ4v) is 2.97. The van der Waals surface area contributed by atoms with Gasteiger partial charge in [-0.25, -0.2) is 4.39 Å². The Morgan fingerprint density at radius 3 is 2.39 bits per heavy atom. The molecule has 2 aromatic carbocycles. The highest BCUT2D eigenvalue weighted by Crippen LogP contribution is 2.25. The Morgan fingerprint density at radius 1 is 1.06 bits per heavy atom. The van der Waals surface area contributed by atoms with Crippen molar-refractivity contribution in [2.24, 2.45) is 0 Å². The molecule has 0 radical (unpaired) electrons. The smallest absolute Gasteiger partial charge is 0.137 e. The van der Waals surface area contributed by atoms with Crippen LogP contribution in [-0.4, -0.2) is 5.33 Å². The molecule has 0 amide bonds. The summed E-state index contributed by atoms with van der Waals surface area (Å²) in [5, 5.41) is 0.895. The van der Waals surface area contributed by atoms with Crippen molar-refractivity contribution >= 4 is 31.9 Å². The largest absolute Gasteiger partial charge is 0.206 e. The first-order valence-electron chi connectivity index (χ1n) is 5.75. The molecule has 3 heteroatoms. The van der Waals surface area contributed by atoms with E-state index < -0.39 is 0 Å². The van der Waals surface area contributed by atoms with Gasteiger partial charge in [0.25, 0.3) is 0 Å². The summed E-state index contributed by atoms with van der Waals surface area (Å²) in [5.41, 5.74) is 2.44. The molecule has 0 aliphatic carbocycles. The Labute approximate surface area is 123 Å². The monoisotopic (exact) mass is 370 g/mol. The quantitative estimate of drug-likeness (QED) is 0.639. The molecule has 1 atom stereocenters. The van der Waals surface area contributed by atoms with Gasteiger partial charge in [-0.2, -0.15) is 0 Å². The van der Waals surface area contributed by atoms with Crippen LogP contribution in [0.25, 0.3) is 0 Å². The molecule has 0 nitrogen and oxygen atoms in total. The van der Waals surface area contributed by atoms with Crippen LogP contribution in [0.5, 0.6) is 0 Å². The van der Waals surface area contributed by atoms with Gasteiger partial charge in [-0.05, 0) is 51.5 Å². The average Bonchev–Trinajstić information content (AvgIpc) is 2.41. The predicted molar refractivity (Wildman–Crippen MR) is 80.8 cm³/mol. The highest BCUT2D eigenvalue weighted by atomic mass is 79.9. The van der Waals surface area contributed by atoms with Gasteiger partial charge in [0.1, 0.15) is 5.82 Å². The summed E-state index contributed by atoms with van der Waals surface area (Å²) in [6.45, 7) is 0. The zero-order valence-corrected chi connectivity index (χ0v) is 12.9. The van der Waals surface area contributed by atoms with Gasteiger partial charge in [0.05, 0.1) is 4.47 Å². The summed E-state index contributed by atoms with van der Waals surface area (Å²) in [5.74, 6) is 0.192. The van der Waals surface area contributed by atoms with E-state index in [2.05, 4.69) is 44.0 Å². The van der Waals surface area contributed by atoms with E-state index in [-0.39, 0.29) is 5.82 Å². The van der Waals surface area contributed by atoms with Crippen molar-refractivity contribution in [1.29, 1.82) is 0 Å². The van der Waals surface area contributed by atoms with Crippen molar-refractivity contribution in [3.63, 3.8) is 0 Å². The molecule has 0 bridgehead atoms. The Balaban J connectivity index is 2.18. The Hall–Kier alpha value is -0.670. The van der Waals surface area contributed by atoms with Gasteiger partial charge in [-0.1, -0.05) is 52.3 Å². The fraction of sp³-hybridized carbons (Fsp3) is 0.200. The Morgan fingerprint density at radius 2 is 1.78 bits per heavy atom. The van der Waals surface area contributed by atoms with Crippen LogP contribution >= 0.6 is 31.9 Å². The van der Waals surface area contributed by atoms with E-state index in [0.29, 0.717) is 10.4 Å². The molecular weight excluding hydrogens is 359 g/mol. The second kappa shape index (κ2) is 6.48. The van der Waals surface area contributed by atoms with E-state index in [1.807, 2.05) is 30.3 Å². The molecule has 1 unspecified atom stereocenters. The van der Waals surface area contributed by atoms with Gasteiger partial charge in [0.2, 0.25) is 0 Å². The van der Waals surface area contributed by atoms with E-state index in [0.717, 1.165) is 17.3 Å². The lowest BCUT2D eigenvalue weighted by atomic mass is 9.94. The van der Waals surface area contributed by atoms with Crippen molar-refractivity contribution in [2.75, 3.05) is 5.33 Å². The van der Waals surface area contributed by atoms with Gasteiger partial charge >= 0.3 is 0 Å². The van der Waals surface area contributed by atoms with E-state index in [1.54, 1.807) is 0 Å². The molecular formula is C15H13Br2F. The van der Waals surface area contributed by atoms with Gasteiger partial charge in [0.15, 0.2) is 0 Å². The standard InChI is InChI=1S/C15H13Br2F/c16-10-13(12-4-2-1-3-5-12)8-11-6-7-15(18)14(17)9-11/h1-7,9,13H,8,10H2. The molecule has 2 rings (SSSR count). The highest BCUT2D eigenvalue weighted by Gasteiger charge is 2.11. The van der Waals surface area contributed by atoms with E-state index in [4.69, 9.17) is 0 Å². The summed E-state index contributed by atoms with van der Waals surface area (Å²) in [6.07, 6.45) is 0.897. The maximum absolute atomic E-state index is 13.2. The predicted octanol–water partition coefficient (Wildman–Crippen LogP) is 5.31. The van der Waals surface area contributed by atoms with E-state index >= 15 is 0 Å². The highest BCUT2D eigenvalue weighted by molar-refractivity contribution is 9.10. The van der Waals surface area contributed by atoms with Crippen molar-refractivity contribution in [1.82, 2.24) is 0 Å². The first-order valence-corrected chi connectivity index (χ1v) is 7.67. The van der Waals surface area contributed by atoms with E-state index in [9.17, 15) is 4.39 Å². The van der Waals surface area contributed by atoms with Crippen molar-refractivity contribution in [2.45, 2.75) is 12.3 Å². The molecule has 94 valence electrons. The zero-order valence-electron chi connectivity index (χ0n) is 9.74. The number of hydrogen-bond acceptors (Lipinski definition) is 0. The van der Waals surface area contributed by atoms with Gasteiger partial charge in [0, 0.05) is 5.33 Å². The van der Waals surface area contributed by atoms with Gasteiger partial charge in [-0.15, -0.1) is 0 Å². The summed E-state index contributed by atoms with van der Waals surface area (Å²) in [6, 6.07) is 15.6. The topological polar surface area (TPSA) is 0 Å². The minimum atomic E-state index is -0.214. The molecule has 18 heavy (non-hydrogen) atoms. The zero-order chi connectivity index (χ0) is 13.0. The lowest BCUT2D eigenvalue weighted by Crippen LogP contribution is -2.04. The first kappa shape index (κ1) is 13.8. The molecule has 0 aliphatic rings. The van der Waals surface area contributed by atoms with Gasteiger partial charge in [-0.3, -0.25) is 0 Å². The minimum Gasteiger partial charge on any atom is -0.206 e. The Bertz CT molecular complexity index is 511. The Kier molecular flexibility index (Phi) is 4.95. The lowest BCUT2D eigenvalue weighted by Gasteiger charge is -2.15. The van der Waals surface area contributed by atoms with Gasteiger partial charge < -0.3 is 0 Å². The van der Waals surface area contributed by atoms with Crippen LogP contribution in [0.2, 0.25) is 0 Å². The summed E-state index contributed by atoms with van der Waals surface area (Å²) in [7, 11) is 0. The van der Waals surface area contributed by atoms with Crippen LogP contribution in [0.15, 0.2) is 53.0 Å². The normalized spacial score (nSPS) is 12.4. The third-order valence-corrected chi connectivity index (χ3v) is 4.31. The number of hydrogen-bond donors (Lipinski definition) is 0. The summed E-state index contributed by atoms with van der Waals surface area (Å²) in [4.78, 5) is 0. The molecule has 0 aromatic heterocycles. The fourth-order valence-electron chi connectivity index (χ4n) is 1.94. The maximum Gasteiger partial charge on any atom is 0.137 e. The van der Waals surface area contributed by atoms with Crippen LogP contribution in [0.4, 0.5) is 4.39 Å². The second-order valence-corrected chi connectivity index (χ2v) is 5.72. The SMILES string of the molecule is Fc1ccc(CC(CBr)c2ccccc2)cc1Br. The van der Waals surface area contributed by atoms with Crippen LogP contribution in [0.3, 0.4) is 0 Å². The molecule has 0 fully saturated rings. The number of alkyl halides is 1. The number of rotatable bonds is 4. The molecule has 0 saturated carbocycles. The summed E-state index contributed by atoms with van der Waals surface area (Å²) >= 11 is 6.78. The summed E-state index contributed by atoms with van der Waals surface area (Å²) < 4.78 is 13.7. The number of halogens is 3. The first-order chi connectivity index (χ1) is 8.70. The van der Waals surface area contributed by atoms with Crippen molar-refractivity contribution in [3.8, 4) is 0 Å². The molecule has 0 N–H and O–H groups in total. The molecule has 0 spiro atoms. The third kappa shape index (κ3) is 3.42. The van der Waals surface area contributed by atoms with Crippen LogP contribution in [0.1, 0.15) is 17.0 Å². The third-order valence-electron chi connectivity index (χ3n) is 2.92. The second-order valence-electron chi connectivity index (χ2n) is 4.21. The van der Waals surface area contributed by atoms with E-state index in [1.165, 1.54) is 11.6 Å². The maximum atomic E-state index is 13.2.